The Labute approximate surface area is 108 Å². The molecular weight excluding hydrogens is 232 g/mol. The van der Waals surface area contributed by atoms with Crippen molar-refractivity contribution in [3.8, 4) is 0 Å². The molecule has 0 atom stereocenters. The van der Waals surface area contributed by atoms with Gasteiger partial charge >= 0.3 is 12.0 Å². The van der Waals surface area contributed by atoms with Crippen molar-refractivity contribution >= 4 is 12.0 Å². The second-order valence-corrected chi connectivity index (χ2v) is 4.62. The van der Waals surface area contributed by atoms with Gasteiger partial charge in [0.2, 0.25) is 0 Å². The van der Waals surface area contributed by atoms with E-state index in [-0.39, 0.29) is 11.9 Å². The fourth-order valence-electron chi connectivity index (χ4n) is 2.21. The smallest absolute Gasteiger partial charge is 0.320 e. The van der Waals surface area contributed by atoms with Gasteiger partial charge in [-0.1, -0.05) is 13.0 Å². The zero-order chi connectivity index (χ0) is 13.5. The van der Waals surface area contributed by atoms with E-state index in [0.29, 0.717) is 39.0 Å². The van der Waals surface area contributed by atoms with Crippen molar-refractivity contribution in [3.05, 3.63) is 12.7 Å². The standard InChI is InChI=1S/C13H22N2O3/c1-3-7-14(8-4-2)13(18)15-9-5-11(6-10-15)12(16)17/h3,11H,1,4-10H2,2H3,(H,16,17). The number of piperidine rings is 1. The van der Waals surface area contributed by atoms with Gasteiger partial charge in [0.15, 0.2) is 0 Å². The molecule has 18 heavy (non-hydrogen) atoms. The van der Waals surface area contributed by atoms with Gasteiger partial charge < -0.3 is 14.9 Å². The van der Waals surface area contributed by atoms with Crippen LogP contribution in [0.25, 0.3) is 0 Å². The summed E-state index contributed by atoms with van der Waals surface area (Å²) in [5, 5.41) is 8.91. The van der Waals surface area contributed by atoms with Gasteiger partial charge in [-0.15, -0.1) is 6.58 Å². The lowest BCUT2D eigenvalue weighted by molar-refractivity contribution is -0.143. The van der Waals surface area contributed by atoms with Crippen LogP contribution in [0, 0.1) is 5.92 Å². The number of carbonyl (C=O) groups excluding carboxylic acids is 1. The van der Waals surface area contributed by atoms with E-state index >= 15 is 0 Å². The third kappa shape index (κ3) is 3.75. The van der Waals surface area contributed by atoms with E-state index in [9.17, 15) is 9.59 Å². The topological polar surface area (TPSA) is 60.9 Å². The zero-order valence-electron chi connectivity index (χ0n) is 11.0. The highest BCUT2D eigenvalue weighted by molar-refractivity contribution is 5.75. The second kappa shape index (κ2) is 7.03. The summed E-state index contributed by atoms with van der Waals surface area (Å²) >= 11 is 0. The largest absolute Gasteiger partial charge is 0.481 e. The maximum Gasteiger partial charge on any atom is 0.320 e. The maximum atomic E-state index is 12.2. The lowest BCUT2D eigenvalue weighted by atomic mass is 9.97. The first-order valence-corrected chi connectivity index (χ1v) is 6.47. The molecule has 1 aliphatic heterocycles. The highest BCUT2D eigenvalue weighted by Gasteiger charge is 2.28. The van der Waals surface area contributed by atoms with Crippen LogP contribution in [0.4, 0.5) is 4.79 Å². The third-order valence-corrected chi connectivity index (χ3v) is 3.23. The van der Waals surface area contributed by atoms with E-state index in [4.69, 9.17) is 5.11 Å². The molecule has 0 aromatic heterocycles. The Kier molecular flexibility index (Phi) is 5.68. The van der Waals surface area contributed by atoms with Gasteiger partial charge in [0.05, 0.1) is 5.92 Å². The molecule has 1 heterocycles. The van der Waals surface area contributed by atoms with Crippen LogP contribution in [-0.4, -0.2) is 53.1 Å². The normalized spacial score (nSPS) is 16.4. The molecule has 5 nitrogen and oxygen atoms in total. The van der Waals surface area contributed by atoms with Gasteiger partial charge in [-0.05, 0) is 19.3 Å². The van der Waals surface area contributed by atoms with Crippen LogP contribution in [0.2, 0.25) is 0 Å². The number of amides is 2. The van der Waals surface area contributed by atoms with Crippen LogP contribution in [-0.2, 0) is 4.79 Å². The highest BCUT2D eigenvalue weighted by Crippen LogP contribution is 2.18. The maximum absolute atomic E-state index is 12.2. The van der Waals surface area contributed by atoms with Gasteiger partial charge in [-0.3, -0.25) is 4.79 Å². The molecule has 1 N–H and O–H groups in total. The number of hydrogen-bond donors (Lipinski definition) is 1. The quantitative estimate of drug-likeness (QED) is 0.761. The fraction of sp³-hybridized carbons (Fsp3) is 0.692. The third-order valence-electron chi connectivity index (χ3n) is 3.23. The highest BCUT2D eigenvalue weighted by atomic mass is 16.4. The second-order valence-electron chi connectivity index (χ2n) is 4.62. The summed E-state index contributed by atoms with van der Waals surface area (Å²) in [5.41, 5.74) is 0. The molecule has 1 aliphatic rings. The summed E-state index contributed by atoms with van der Waals surface area (Å²) in [5.74, 6) is -1.05. The molecule has 1 rings (SSSR count). The Morgan fingerprint density at radius 2 is 2.06 bits per heavy atom. The lowest BCUT2D eigenvalue weighted by Gasteiger charge is -2.34. The number of rotatable bonds is 5. The minimum Gasteiger partial charge on any atom is -0.481 e. The number of carbonyl (C=O) groups is 2. The van der Waals surface area contributed by atoms with E-state index < -0.39 is 5.97 Å². The average Bonchev–Trinajstić information content (AvgIpc) is 2.38. The molecule has 0 spiro atoms. The predicted octanol–water partition coefficient (Wildman–Crippen LogP) is 1.80. The van der Waals surface area contributed by atoms with Crippen molar-refractivity contribution < 1.29 is 14.7 Å². The number of aliphatic carboxylic acids is 1. The van der Waals surface area contributed by atoms with E-state index in [1.165, 1.54) is 0 Å². The van der Waals surface area contributed by atoms with Crippen molar-refractivity contribution in [2.45, 2.75) is 26.2 Å². The van der Waals surface area contributed by atoms with Crippen molar-refractivity contribution in [2.24, 2.45) is 5.92 Å². The molecule has 1 saturated heterocycles. The van der Waals surface area contributed by atoms with Gasteiger partial charge in [0.25, 0.3) is 0 Å². The Hall–Kier alpha value is -1.52. The van der Waals surface area contributed by atoms with Crippen molar-refractivity contribution in [1.82, 2.24) is 9.80 Å². The van der Waals surface area contributed by atoms with Gasteiger partial charge in [0, 0.05) is 26.2 Å². The average molecular weight is 254 g/mol. The van der Waals surface area contributed by atoms with Gasteiger partial charge in [0.1, 0.15) is 0 Å². The first-order valence-electron chi connectivity index (χ1n) is 6.47. The van der Waals surface area contributed by atoms with Gasteiger partial charge in [-0.2, -0.15) is 0 Å². The Balaban J connectivity index is 2.51. The number of nitrogens with zero attached hydrogens (tertiary/aromatic N) is 2. The Bertz CT molecular complexity index is 309. The van der Waals surface area contributed by atoms with E-state index in [0.717, 1.165) is 6.42 Å². The fourth-order valence-corrected chi connectivity index (χ4v) is 2.21. The molecule has 102 valence electrons. The molecule has 5 heteroatoms. The van der Waals surface area contributed by atoms with Crippen LogP contribution in [0.15, 0.2) is 12.7 Å². The Morgan fingerprint density at radius 3 is 2.50 bits per heavy atom. The molecule has 0 unspecified atom stereocenters. The number of urea groups is 1. The van der Waals surface area contributed by atoms with Crippen LogP contribution < -0.4 is 0 Å². The molecule has 0 aromatic rings. The minimum atomic E-state index is -0.751. The van der Waals surface area contributed by atoms with Crippen LogP contribution in [0.3, 0.4) is 0 Å². The van der Waals surface area contributed by atoms with E-state index in [1.54, 1.807) is 15.9 Å². The van der Waals surface area contributed by atoms with E-state index in [1.807, 2.05) is 6.92 Å². The van der Waals surface area contributed by atoms with Crippen molar-refractivity contribution in [2.75, 3.05) is 26.2 Å². The van der Waals surface area contributed by atoms with Crippen molar-refractivity contribution in [3.63, 3.8) is 0 Å². The number of carboxylic acid groups (broad SMARTS) is 1. The summed E-state index contributed by atoms with van der Waals surface area (Å²) < 4.78 is 0. The van der Waals surface area contributed by atoms with Crippen LogP contribution in [0.1, 0.15) is 26.2 Å². The molecule has 0 bridgehead atoms. The first kappa shape index (κ1) is 14.5. The molecule has 1 fully saturated rings. The Morgan fingerprint density at radius 1 is 1.44 bits per heavy atom. The molecular formula is C13H22N2O3. The van der Waals surface area contributed by atoms with E-state index in [2.05, 4.69) is 6.58 Å². The summed E-state index contributed by atoms with van der Waals surface area (Å²) in [6, 6.07) is 0.000545. The summed E-state index contributed by atoms with van der Waals surface area (Å²) in [6.07, 6.45) is 3.73. The SMILES string of the molecule is C=CCN(CCC)C(=O)N1CCC(C(=O)O)CC1. The van der Waals surface area contributed by atoms with Crippen molar-refractivity contribution in [1.29, 1.82) is 0 Å². The molecule has 2 amide bonds. The monoisotopic (exact) mass is 254 g/mol. The predicted molar refractivity (Wildman–Crippen MR) is 69.4 cm³/mol. The van der Waals surface area contributed by atoms with Gasteiger partial charge in [-0.25, -0.2) is 4.79 Å². The number of hydrogen-bond acceptors (Lipinski definition) is 2. The summed E-state index contributed by atoms with van der Waals surface area (Å²) in [7, 11) is 0. The molecule has 0 aliphatic carbocycles. The molecule has 0 aromatic carbocycles. The first-order chi connectivity index (χ1) is 8.60. The summed E-state index contributed by atoms with van der Waals surface area (Å²) in [6.45, 7) is 8.01. The molecule has 0 saturated carbocycles. The summed E-state index contributed by atoms with van der Waals surface area (Å²) in [4.78, 5) is 26.6. The minimum absolute atomic E-state index is 0.000545. The van der Waals surface area contributed by atoms with Crippen LogP contribution >= 0.6 is 0 Å². The number of likely N-dealkylation sites (tertiary alicyclic amines) is 1. The van der Waals surface area contributed by atoms with Crippen LogP contribution in [0.5, 0.6) is 0 Å². The zero-order valence-corrected chi connectivity index (χ0v) is 11.0. The number of carboxylic acids is 1. The lowest BCUT2D eigenvalue weighted by Crippen LogP contribution is -2.47. The molecule has 0 radical (unpaired) electrons.